The zero-order chi connectivity index (χ0) is 11.1. The summed E-state index contributed by atoms with van der Waals surface area (Å²) in [6, 6.07) is 9.67. The normalized spacial score (nSPS) is 14.5. The average molecular weight is 225 g/mol. The standard InChI is InChI=1S/C13H17ClO/c1-2-11(9-6-10-14)13(15)12-7-4-3-5-8-12/h2-5,7-8,11,13,15H,1,6,9-10H2/t11-,13+/m1/s1. The average Bonchev–Trinajstić information content (AvgIpc) is 2.31. The maximum atomic E-state index is 10.1. The largest absolute Gasteiger partial charge is 0.388 e. The first-order valence-electron chi connectivity index (χ1n) is 5.21. The van der Waals surface area contributed by atoms with Gasteiger partial charge in [-0.1, -0.05) is 36.4 Å². The Balaban J connectivity index is 2.64. The second-order valence-electron chi connectivity index (χ2n) is 3.59. The second kappa shape index (κ2) is 6.65. The molecule has 0 fully saturated rings. The third-order valence-corrected chi connectivity index (χ3v) is 2.79. The molecule has 0 aliphatic rings. The minimum Gasteiger partial charge on any atom is -0.388 e. The van der Waals surface area contributed by atoms with Crippen LogP contribution in [0.5, 0.6) is 0 Å². The molecule has 1 aromatic rings. The van der Waals surface area contributed by atoms with Crippen molar-refractivity contribution in [2.75, 3.05) is 5.88 Å². The van der Waals surface area contributed by atoms with Gasteiger partial charge in [0.05, 0.1) is 6.10 Å². The molecule has 0 radical (unpaired) electrons. The van der Waals surface area contributed by atoms with E-state index in [2.05, 4.69) is 6.58 Å². The topological polar surface area (TPSA) is 20.2 Å². The number of aliphatic hydroxyl groups is 1. The Hall–Kier alpha value is -0.790. The van der Waals surface area contributed by atoms with Crippen LogP contribution in [0.3, 0.4) is 0 Å². The lowest BCUT2D eigenvalue weighted by Gasteiger charge is -2.19. The quantitative estimate of drug-likeness (QED) is 0.579. The molecule has 2 heteroatoms. The van der Waals surface area contributed by atoms with Gasteiger partial charge in [0.15, 0.2) is 0 Å². The second-order valence-corrected chi connectivity index (χ2v) is 3.96. The van der Waals surface area contributed by atoms with Gasteiger partial charge in [-0.05, 0) is 18.4 Å². The lowest BCUT2D eigenvalue weighted by molar-refractivity contribution is 0.127. The summed E-state index contributed by atoms with van der Waals surface area (Å²) in [5.41, 5.74) is 0.942. The van der Waals surface area contributed by atoms with Crippen LogP contribution in [0.2, 0.25) is 0 Å². The van der Waals surface area contributed by atoms with E-state index in [4.69, 9.17) is 11.6 Å². The van der Waals surface area contributed by atoms with Crippen LogP contribution in [0.1, 0.15) is 24.5 Å². The molecule has 0 heterocycles. The molecule has 0 unspecified atom stereocenters. The van der Waals surface area contributed by atoms with Gasteiger partial charge in [-0.15, -0.1) is 18.2 Å². The van der Waals surface area contributed by atoms with Crippen LogP contribution in [0.15, 0.2) is 43.0 Å². The number of benzene rings is 1. The van der Waals surface area contributed by atoms with Crippen LogP contribution in [0, 0.1) is 5.92 Å². The molecule has 0 aromatic heterocycles. The van der Waals surface area contributed by atoms with Crippen LogP contribution in [-0.2, 0) is 0 Å². The molecular formula is C13H17ClO. The SMILES string of the molecule is C=C[C@H](CCCCl)[C@H](O)c1ccccc1. The van der Waals surface area contributed by atoms with Gasteiger partial charge in [0, 0.05) is 11.8 Å². The predicted octanol–water partition coefficient (Wildman–Crippen LogP) is 3.54. The van der Waals surface area contributed by atoms with Gasteiger partial charge < -0.3 is 5.11 Å². The summed E-state index contributed by atoms with van der Waals surface area (Å²) in [7, 11) is 0. The van der Waals surface area contributed by atoms with E-state index in [9.17, 15) is 5.11 Å². The smallest absolute Gasteiger partial charge is 0.0852 e. The van der Waals surface area contributed by atoms with E-state index in [1.54, 1.807) is 0 Å². The summed E-state index contributed by atoms with van der Waals surface area (Å²) in [4.78, 5) is 0. The molecule has 1 aromatic carbocycles. The van der Waals surface area contributed by atoms with E-state index in [1.165, 1.54) is 0 Å². The number of alkyl halides is 1. The van der Waals surface area contributed by atoms with E-state index >= 15 is 0 Å². The van der Waals surface area contributed by atoms with Crippen molar-refractivity contribution >= 4 is 11.6 Å². The van der Waals surface area contributed by atoms with E-state index in [-0.39, 0.29) is 5.92 Å². The highest BCUT2D eigenvalue weighted by atomic mass is 35.5. The molecule has 1 rings (SSSR count). The van der Waals surface area contributed by atoms with Gasteiger partial charge in [-0.25, -0.2) is 0 Å². The van der Waals surface area contributed by atoms with Crippen molar-refractivity contribution in [3.05, 3.63) is 48.6 Å². The van der Waals surface area contributed by atoms with Crippen LogP contribution < -0.4 is 0 Å². The minimum absolute atomic E-state index is 0.0890. The predicted molar refractivity (Wildman–Crippen MR) is 65.0 cm³/mol. The summed E-state index contributed by atoms with van der Waals surface area (Å²) in [6.45, 7) is 3.76. The monoisotopic (exact) mass is 224 g/mol. The zero-order valence-corrected chi connectivity index (χ0v) is 9.53. The number of aliphatic hydroxyl groups excluding tert-OH is 1. The fraction of sp³-hybridized carbons (Fsp3) is 0.385. The lowest BCUT2D eigenvalue weighted by atomic mass is 9.92. The molecule has 0 amide bonds. The number of halogens is 1. The van der Waals surface area contributed by atoms with Gasteiger partial charge in [0.2, 0.25) is 0 Å². The van der Waals surface area contributed by atoms with Crippen LogP contribution >= 0.6 is 11.6 Å². The molecule has 0 aliphatic carbocycles. The van der Waals surface area contributed by atoms with E-state index in [1.807, 2.05) is 36.4 Å². The van der Waals surface area contributed by atoms with Gasteiger partial charge in [-0.3, -0.25) is 0 Å². The van der Waals surface area contributed by atoms with Gasteiger partial charge in [-0.2, -0.15) is 0 Å². The molecule has 2 atom stereocenters. The fourth-order valence-electron chi connectivity index (χ4n) is 1.61. The summed E-state index contributed by atoms with van der Waals surface area (Å²) in [5, 5.41) is 10.1. The van der Waals surface area contributed by atoms with E-state index in [0.717, 1.165) is 18.4 Å². The lowest BCUT2D eigenvalue weighted by Crippen LogP contribution is -2.10. The highest BCUT2D eigenvalue weighted by Gasteiger charge is 2.16. The first kappa shape index (κ1) is 12.3. The molecule has 0 saturated heterocycles. The number of hydrogen-bond acceptors (Lipinski definition) is 1. The Bertz CT molecular complexity index is 284. The highest BCUT2D eigenvalue weighted by molar-refractivity contribution is 6.17. The van der Waals surface area contributed by atoms with Crippen LogP contribution in [-0.4, -0.2) is 11.0 Å². The Morgan fingerprint density at radius 2 is 2.00 bits per heavy atom. The maximum absolute atomic E-state index is 10.1. The van der Waals surface area contributed by atoms with Crippen molar-refractivity contribution in [3.8, 4) is 0 Å². The molecule has 1 N–H and O–H groups in total. The molecule has 0 saturated carbocycles. The van der Waals surface area contributed by atoms with Crippen LogP contribution in [0.25, 0.3) is 0 Å². The summed E-state index contributed by atoms with van der Waals surface area (Å²) in [6.07, 6.45) is 3.13. The van der Waals surface area contributed by atoms with Gasteiger partial charge >= 0.3 is 0 Å². The minimum atomic E-state index is -0.466. The first-order valence-corrected chi connectivity index (χ1v) is 5.74. The van der Waals surface area contributed by atoms with Crippen molar-refractivity contribution in [2.45, 2.75) is 18.9 Å². The third kappa shape index (κ3) is 3.69. The Labute approximate surface area is 96.4 Å². The molecule has 82 valence electrons. The summed E-state index contributed by atoms with van der Waals surface area (Å²) in [5.74, 6) is 0.720. The molecule has 15 heavy (non-hydrogen) atoms. The van der Waals surface area contributed by atoms with Crippen molar-refractivity contribution in [3.63, 3.8) is 0 Å². The Kier molecular flexibility index (Phi) is 5.44. The molecule has 0 aliphatic heterocycles. The van der Waals surface area contributed by atoms with E-state index in [0.29, 0.717) is 5.88 Å². The Morgan fingerprint density at radius 3 is 2.53 bits per heavy atom. The fourth-order valence-corrected chi connectivity index (χ4v) is 1.77. The molecular weight excluding hydrogens is 208 g/mol. The van der Waals surface area contributed by atoms with Crippen molar-refractivity contribution in [2.24, 2.45) is 5.92 Å². The zero-order valence-electron chi connectivity index (χ0n) is 8.77. The molecule has 0 bridgehead atoms. The van der Waals surface area contributed by atoms with Gasteiger partial charge in [0.25, 0.3) is 0 Å². The summed E-state index contributed by atoms with van der Waals surface area (Å²) < 4.78 is 0. The molecule has 0 spiro atoms. The third-order valence-electron chi connectivity index (χ3n) is 2.52. The van der Waals surface area contributed by atoms with Crippen molar-refractivity contribution < 1.29 is 5.11 Å². The highest BCUT2D eigenvalue weighted by Crippen LogP contribution is 2.26. The summed E-state index contributed by atoms with van der Waals surface area (Å²) >= 11 is 5.64. The maximum Gasteiger partial charge on any atom is 0.0852 e. The van der Waals surface area contributed by atoms with E-state index < -0.39 is 6.10 Å². The number of hydrogen-bond donors (Lipinski definition) is 1. The van der Waals surface area contributed by atoms with Crippen molar-refractivity contribution in [1.82, 2.24) is 0 Å². The molecule has 1 nitrogen and oxygen atoms in total. The number of rotatable bonds is 6. The van der Waals surface area contributed by atoms with Crippen molar-refractivity contribution in [1.29, 1.82) is 0 Å². The van der Waals surface area contributed by atoms with Crippen LogP contribution in [0.4, 0.5) is 0 Å². The van der Waals surface area contributed by atoms with Gasteiger partial charge in [0.1, 0.15) is 0 Å². The Morgan fingerprint density at radius 1 is 1.33 bits per heavy atom. The first-order chi connectivity index (χ1) is 7.29.